The Balaban J connectivity index is 2.20. The van der Waals surface area contributed by atoms with Crippen LogP contribution < -0.4 is 0 Å². The highest BCUT2D eigenvalue weighted by molar-refractivity contribution is 5.17. The highest BCUT2D eigenvalue weighted by Crippen LogP contribution is 2.20. The molecule has 0 unspecified atom stereocenters. The summed E-state index contributed by atoms with van der Waals surface area (Å²) in [6.45, 7) is 11.3. The summed E-state index contributed by atoms with van der Waals surface area (Å²) < 4.78 is 0. The molecule has 0 aliphatic rings. The van der Waals surface area contributed by atoms with E-state index in [1.807, 2.05) is 36.4 Å². The maximum absolute atomic E-state index is 10.7. The number of hydrogen-bond acceptors (Lipinski definition) is 2. The van der Waals surface area contributed by atoms with Gasteiger partial charge >= 0.3 is 0 Å². The molecule has 0 saturated carbocycles. The van der Waals surface area contributed by atoms with Crippen LogP contribution in [0, 0.1) is 5.92 Å². The quantitative estimate of drug-likeness (QED) is 0.691. The molecule has 0 bridgehead atoms. The first-order chi connectivity index (χ1) is 11.7. The third kappa shape index (κ3) is 4.92. The van der Waals surface area contributed by atoms with Crippen molar-refractivity contribution in [2.45, 2.75) is 32.2 Å². The number of nitrogens with zero attached hydrogens (tertiary/aromatic N) is 1. The van der Waals surface area contributed by atoms with Crippen LogP contribution >= 0.6 is 0 Å². The number of aliphatic hydroxyl groups is 1. The van der Waals surface area contributed by atoms with E-state index in [9.17, 15) is 5.11 Å². The molecule has 126 valence electrons. The molecule has 0 saturated heterocycles. The van der Waals surface area contributed by atoms with Crippen molar-refractivity contribution < 1.29 is 5.11 Å². The van der Waals surface area contributed by atoms with Crippen molar-refractivity contribution in [3.8, 4) is 0 Å². The second-order valence-corrected chi connectivity index (χ2v) is 6.16. The fourth-order valence-corrected chi connectivity index (χ4v) is 2.89. The van der Waals surface area contributed by atoms with E-state index in [-0.39, 0.29) is 12.0 Å². The van der Waals surface area contributed by atoms with Crippen molar-refractivity contribution in [1.82, 2.24) is 4.90 Å². The van der Waals surface area contributed by atoms with Crippen molar-refractivity contribution in [2.24, 2.45) is 5.92 Å². The fraction of sp³-hybridized carbons (Fsp3) is 0.273. The molecule has 0 amide bonds. The topological polar surface area (TPSA) is 23.5 Å². The summed E-state index contributed by atoms with van der Waals surface area (Å²) in [5.74, 6) is -0.117. The molecule has 0 fully saturated rings. The van der Waals surface area contributed by atoms with Gasteiger partial charge in [-0.2, -0.15) is 0 Å². The molecule has 2 aromatic rings. The minimum atomic E-state index is -0.535. The van der Waals surface area contributed by atoms with E-state index in [4.69, 9.17) is 0 Å². The monoisotopic (exact) mass is 321 g/mol. The normalized spacial score (nSPS) is 13.7. The number of benzene rings is 2. The molecule has 0 heterocycles. The summed E-state index contributed by atoms with van der Waals surface area (Å²) in [5, 5.41) is 10.7. The fourth-order valence-electron chi connectivity index (χ4n) is 2.89. The molecule has 2 aromatic carbocycles. The van der Waals surface area contributed by atoms with Gasteiger partial charge in [-0.15, -0.1) is 13.2 Å². The van der Waals surface area contributed by atoms with E-state index in [1.165, 1.54) is 11.1 Å². The van der Waals surface area contributed by atoms with Crippen LogP contribution in [-0.2, 0) is 13.1 Å². The Morgan fingerprint density at radius 2 is 1.29 bits per heavy atom. The van der Waals surface area contributed by atoms with Crippen LogP contribution in [0.25, 0.3) is 0 Å². The third-order valence-electron chi connectivity index (χ3n) is 4.47. The number of rotatable bonds is 9. The zero-order valence-corrected chi connectivity index (χ0v) is 14.4. The van der Waals surface area contributed by atoms with Crippen LogP contribution in [-0.4, -0.2) is 22.2 Å². The van der Waals surface area contributed by atoms with E-state index in [1.54, 1.807) is 12.2 Å². The Hall–Kier alpha value is -2.16. The lowest BCUT2D eigenvalue weighted by atomic mass is 9.95. The molecule has 2 heteroatoms. The molecule has 24 heavy (non-hydrogen) atoms. The van der Waals surface area contributed by atoms with Gasteiger partial charge in [-0.25, -0.2) is 0 Å². The molecule has 2 atom stereocenters. The predicted octanol–water partition coefficient (Wildman–Crippen LogP) is 4.43. The average Bonchev–Trinajstić information content (AvgIpc) is 2.63. The van der Waals surface area contributed by atoms with Crippen LogP contribution in [0.5, 0.6) is 0 Å². The van der Waals surface area contributed by atoms with Crippen molar-refractivity contribution in [3.63, 3.8) is 0 Å². The highest BCUT2D eigenvalue weighted by atomic mass is 16.3. The van der Waals surface area contributed by atoms with Crippen LogP contribution in [0.1, 0.15) is 18.1 Å². The van der Waals surface area contributed by atoms with Gasteiger partial charge in [0.05, 0.1) is 6.10 Å². The molecule has 0 spiro atoms. The van der Waals surface area contributed by atoms with Crippen LogP contribution in [0.15, 0.2) is 86.0 Å². The lowest BCUT2D eigenvalue weighted by Crippen LogP contribution is -2.43. The molecule has 2 nitrogen and oxygen atoms in total. The van der Waals surface area contributed by atoms with Gasteiger partial charge in [-0.05, 0) is 18.1 Å². The van der Waals surface area contributed by atoms with E-state index in [0.29, 0.717) is 0 Å². The summed E-state index contributed by atoms with van der Waals surface area (Å²) in [7, 11) is 0. The van der Waals surface area contributed by atoms with Gasteiger partial charge in [-0.1, -0.05) is 72.8 Å². The third-order valence-corrected chi connectivity index (χ3v) is 4.47. The molecule has 0 aromatic heterocycles. The van der Waals surface area contributed by atoms with Gasteiger partial charge in [0.1, 0.15) is 0 Å². The zero-order valence-electron chi connectivity index (χ0n) is 14.4. The van der Waals surface area contributed by atoms with Gasteiger partial charge in [0.25, 0.3) is 0 Å². The highest BCUT2D eigenvalue weighted by Gasteiger charge is 2.26. The Bertz CT molecular complexity index is 573. The van der Waals surface area contributed by atoms with Crippen molar-refractivity contribution in [2.75, 3.05) is 0 Å². The van der Waals surface area contributed by atoms with Gasteiger partial charge in [-0.3, -0.25) is 4.90 Å². The lowest BCUT2D eigenvalue weighted by molar-refractivity contribution is 0.0339. The summed E-state index contributed by atoms with van der Waals surface area (Å²) >= 11 is 0. The van der Waals surface area contributed by atoms with Crippen LogP contribution in [0.4, 0.5) is 0 Å². The van der Waals surface area contributed by atoms with Crippen molar-refractivity contribution >= 4 is 0 Å². The van der Waals surface area contributed by atoms with Gasteiger partial charge in [0.2, 0.25) is 0 Å². The van der Waals surface area contributed by atoms with Crippen LogP contribution in [0.3, 0.4) is 0 Å². The minimum Gasteiger partial charge on any atom is -0.391 e. The maximum atomic E-state index is 10.7. The molecule has 2 rings (SSSR count). The molecule has 1 N–H and O–H groups in total. The van der Waals surface area contributed by atoms with Gasteiger partial charge < -0.3 is 5.11 Å². The Kier molecular flexibility index (Phi) is 6.98. The first kappa shape index (κ1) is 18.2. The van der Waals surface area contributed by atoms with Crippen molar-refractivity contribution in [1.29, 1.82) is 0 Å². The molecule has 0 aliphatic carbocycles. The van der Waals surface area contributed by atoms with E-state index in [2.05, 4.69) is 49.2 Å². The Morgan fingerprint density at radius 1 is 0.875 bits per heavy atom. The standard InChI is InChI=1S/C22H27NO/c1-4-21(5-2)22(24)18(3)23(16-19-12-8-6-9-13-19)17-20-14-10-7-11-15-20/h4-15,18,21-22,24H,1-2,16-17H2,3H3/t18-,22+/m1/s1. The second kappa shape index (κ2) is 9.21. The minimum absolute atomic E-state index is 0.0218. The second-order valence-electron chi connectivity index (χ2n) is 6.16. The van der Waals surface area contributed by atoms with E-state index < -0.39 is 6.10 Å². The van der Waals surface area contributed by atoms with E-state index >= 15 is 0 Å². The summed E-state index contributed by atoms with van der Waals surface area (Å²) in [4.78, 5) is 2.30. The predicted molar refractivity (Wildman–Crippen MR) is 101 cm³/mol. The van der Waals surface area contributed by atoms with Gasteiger partial charge in [0, 0.05) is 25.0 Å². The number of hydrogen-bond donors (Lipinski definition) is 1. The number of aliphatic hydroxyl groups excluding tert-OH is 1. The lowest BCUT2D eigenvalue weighted by Gasteiger charge is -2.34. The SMILES string of the molecule is C=CC(C=C)[C@@H](O)[C@@H](C)N(Cc1ccccc1)Cc1ccccc1. The summed E-state index contributed by atoms with van der Waals surface area (Å²) in [6.07, 6.45) is 2.99. The van der Waals surface area contributed by atoms with Crippen LogP contribution in [0.2, 0.25) is 0 Å². The molecule has 0 radical (unpaired) electrons. The van der Waals surface area contributed by atoms with Crippen molar-refractivity contribution in [3.05, 3.63) is 97.1 Å². The molecular formula is C22H27NO. The zero-order chi connectivity index (χ0) is 17.4. The largest absolute Gasteiger partial charge is 0.391 e. The first-order valence-corrected chi connectivity index (χ1v) is 8.40. The molecule has 0 aliphatic heterocycles. The van der Waals surface area contributed by atoms with E-state index in [0.717, 1.165) is 13.1 Å². The summed E-state index contributed by atoms with van der Waals surface area (Å²) in [6, 6.07) is 20.7. The maximum Gasteiger partial charge on any atom is 0.0789 e. The molecular weight excluding hydrogens is 294 g/mol. The smallest absolute Gasteiger partial charge is 0.0789 e. The first-order valence-electron chi connectivity index (χ1n) is 8.40. The Labute approximate surface area is 145 Å². The van der Waals surface area contributed by atoms with Gasteiger partial charge in [0.15, 0.2) is 0 Å². The average molecular weight is 321 g/mol. The summed E-state index contributed by atoms with van der Waals surface area (Å²) in [5.41, 5.74) is 2.47. The Morgan fingerprint density at radius 3 is 1.67 bits per heavy atom.